The fourth-order valence-corrected chi connectivity index (χ4v) is 2.01. The Labute approximate surface area is 65.2 Å². The first-order valence-corrected chi connectivity index (χ1v) is 3.96. The van der Waals surface area contributed by atoms with Gasteiger partial charge in [-0.2, -0.15) is 0 Å². The van der Waals surface area contributed by atoms with Crippen molar-refractivity contribution in [1.29, 1.82) is 0 Å². The molecule has 0 aromatic carbocycles. The highest BCUT2D eigenvalue weighted by molar-refractivity contribution is 5.65. The SMILES string of the molecule is O=C(O)N1CC2CNCC2C1. The zero-order chi connectivity index (χ0) is 7.84. The first-order chi connectivity index (χ1) is 5.27. The van der Waals surface area contributed by atoms with Crippen LogP contribution in [0, 0.1) is 11.8 Å². The third-order valence-electron chi connectivity index (χ3n) is 2.66. The molecule has 0 radical (unpaired) electrons. The van der Waals surface area contributed by atoms with Gasteiger partial charge in [0.1, 0.15) is 0 Å². The number of fused-ring (bicyclic) bond motifs is 1. The molecule has 2 unspecified atom stereocenters. The minimum absolute atomic E-state index is 0.575. The Morgan fingerprint density at radius 3 is 2.36 bits per heavy atom. The minimum Gasteiger partial charge on any atom is -0.465 e. The van der Waals surface area contributed by atoms with Crippen molar-refractivity contribution in [2.75, 3.05) is 26.2 Å². The molecule has 2 heterocycles. The second-order valence-electron chi connectivity index (χ2n) is 3.37. The number of nitrogens with one attached hydrogen (secondary N) is 1. The van der Waals surface area contributed by atoms with E-state index in [-0.39, 0.29) is 0 Å². The van der Waals surface area contributed by atoms with Crippen molar-refractivity contribution < 1.29 is 9.90 Å². The fraction of sp³-hybridized carbons (Fsp3) is 0.857. The van der Waals surface area contributed by atoms with Crippen molar-refractivity contribution in [2.24, 2.45) is 11.8 Å². The summed E-state index contributed by atoms with van der Waals surface area (Å²) in [5.74, 6) is 1.15. The van der Waals surface area contributed by atoms with Crippen LogP contribution in [0.15, 0.2) is 0 Å². The Morgan fingerprint density at radius 1 is 1.36 bits per heavy atom. The van der Waals surface area contributed by atoms with Crippen LogP contribution in [0.4, 0.5) is 4.79 Å². The summed E-state index contributed by atoms with van der Waals surface area (Å²) in [4.78, 5) is 12.1. The second-order valence-corrected chi connectivity index (χ2v) is 3.37. The monoisotopic (exact) mass is 156 g/mol. The van der Waals surface area contributed by atoms with Crippen molar-refractivity contribution in [3.8, 4) is 0 Å². The minimum atomic E-state index is -0.764. The van der Waals surface area contributed by atoms with Crippen LogP contribution in [-0.4, -0.2) is 42.3 Å². The standard InChI is InChI=1S/C7H12N2O2/c10-7(11)9-3-5-1-8-2-6(5)4-9/h5-6,8H,1-4H2,(H,10,11). The highest BCUT2D eigenvalue weighted by atomic mass is 16.4. The van der Waals surface area contributed by atoms with Crippen LogP contribution in [0.2, 0.25) is 0 Å². The Balaban J connectivity index is 1.99. The first kappa shape index (κ1) is 6.91. The molecular weight excluding hydrogens is 144 g/mol. The number of nitrogens with zero attached hydrogens (tertiary/aromatic N) is 1. The van der Waals surface area contributed by atoms with Gasteiger partial charge in [-0.15, -0.1) is 0 Å². The molecule has 1 amide bonds. The lowest BCUT2D eigenvalue weighted by Crippen LogP contribution is -2.30. The van der Waals surface area contributed by atoms with Gasteiger partial charge in [0.25, 0.3) is 0 Å². The first-order valence-electron chi connectivity index (χ1n) is 3.96. The smallest absolute Gasteiger partial charge is 0.407 e. The molecule has 0 aromatic heterocycles. The summed E-state index contributed by atoms with van der Waals surface area (Å²) in [6.07, 6.45) is -0.764. The van der Waals surface area contributed by atoms with Gasteiger partial charge in [-0.3, -0.25) is 0 Å². The Hall–Kier alpha value is -0.770. The van der Waals surface area contributed by atoms with Crippen molar-refractivity contribution >= 4 is 6.09 Å². The average Bonchev–Trinajstić information content (AvgIpc) is 2.40. The molecule has 2 rings (SSSR count). The van der Waals surface area contributed by atoms with Gasteiger partial charge in [-0.25, -0.2) is 4.79 Å². The van der Waals surface area contributed by atoms with E-state index in [0.29, 0.717) is 11.8 Å². The van der Waals surface area contributed by atoms with Gasteiger partial charge in [0.15, 0.2) is 0 Å². The van der Waals surface area contributed by atoms with Gasteiger partial charge in [-0.05, 0) is 11.8 Å². The summed E-state index contributed by atoms with van der Waals surface area (Å²) < 4.78 is 0. The van der Waals surface area contributed by atoms with Gasteiger partial charge < -0.3 is 15.3 Å². The highest BCUT2D eigenvalue weighted by Crippen LogP contribution is 2.25. The van der Waals surface area contributed by atoms with Crippen LogP contribution < -0.4 is 5.32 Å². The van der Waals surface area contributed by atoms with Crippen LogP contribution in [0.5, 0.6) is 0 Å². The molecule has 0 bridgehead atoms. The third kappa shape index (κ3) is 1.07. The van der Waals surface area contributed by atoms with Crippen molar-refractivity contribution in [1.82, 2.24) is 10.2 Å². The number of carbonyl (C=O) groups is 1. The zero-order valence-electron chi connectivity index (χ0n) is 6.29. The Morgan fingerprint density at radius 2 is 1.91 bits per heavy atom. The van der Waals surface area contributed by atoms with E-state index in [1.807, 2.05) is 0 Å². The van der Waals surface area contributed by atoms with E-state index in [1.54, 1.807) is 0 Å². The van der Waals surface area contributed by atoms with E-state index in [4.69, 9.17) is 5.11 Å². The maximum atomic E-state index is 10.5. The van der Waals surface area contributed by atoms with E-state index >= 15 is 0 Å². The van der Waals surface area contributed by atoms with E-state index < -0.39 is 6.09 Å². The predicted octanol–water partition coefficient (Wildman–Crippen LogP) is -0.184. The summed E-state index contributed by atoms with van der Waals surface area (Å²) in [5.41, 5.74) is 0. The number of hydrogen-bond donors (Lipinski definition) is 2. The van der Waals surface area contributed by atoms with Crippen LogP contribution in [-0.2, 0) is 0 Å². The van der Waals surface area contributed by atoms with Crippen LogP contribution in [0.3, 0.4) is 0 Å². The zero-order valence-corrected chi connectivity index (χ0v) is 6.29. The van der Waals surface area contributed by atoms with Gasteiger partial charge in [0.05, 0.1) is 0 Å². The van der Waals surface area contributed by atoms with Gasteiger partial charge in [0, 0.05) is 26.2 Å². The topological polar surface area (TPSA) is 52.6 Å². The summed E-state index contributed by atoms with van der Waals surface area (Å²) in [5, 5.41) is 11.9. The summed E-state index contributed by atoms with van der Waals surface area (Å²) in [6, 6.07) is 0. The molecule has 0 aliphatic carbocycles. The summed E-state index contributed by atoms with van der Waals surface area (Å²) in [6.45, 7) is 3.45. The van der Waals surface area contributed by atoms with Crippen molar-refractivity contribution in [3.63, 3.8) is 0 Å². The van der Waals surface area contributed by atoms with E-state index in [0.717, 1.165) is 26.2 Å². The molecule has 62 valence electrons. The Kier molecular flexibility index (Phi) is 1.49. The maximum absolute atomic E-state index is 10.5. The lowest BCUT2D eigenvalue weighted by Gasteiger charge is -2.11. The highest BCUT2D eigenvalue weighted by Gasteiger charge is 2.37. The van der Waals surface area contributed by atoms with Crippen molar-refractivity contribution in [3.05, 3.63) is 0 Å². The van der Waals surface area contributed by atoms with Gasteiger partial charge in [-0.1, -0.05) is 0 Å². The third-order valence-corrected chi connectivity index (χ3v) is 2.66. The van der Waals surface area contributed by atoms with Crippen LogP contribution in [0.1, 0.15) is 0 Å². The predicted molar refractivity (Wildman–Crippen MR) is 39.4 cm³/mol. The molecule has 2 fully saturated rings. The number of hydrogen-bond acceptors (Lipinski definition) is 2. The van der Waals surface area contributed by atoms with Crippen LogP contribution in [0.25, 0.3) is 0 Å². The van der Waals surface area contributed by atoms with Crippen molar-refractivity contribution in [2.45, 2.75) is 0 Å². The van der Waals surface area contributed by atoms with E-state index in [2.05, 4.69) is 5.32 Å². The van der Waals surface area contributed by atoms with Gasteiger partial charge in [0.2, 0.25) is 0 Å². The number of rotatable bonds is 0. The second kappa shape index (κ2) is 2.37. The summed E-state index contributed by atoms with van der Waals surface area (Å²) >= 11 is 0. The quantitative estimate of drug-likeness (QED) is 0.511. The molecule has 2 aliphatic heterocycles. The van der Waals surface area contributed by atoms with Gasteiger partial charge >= 0.3 is 6.09 Å². The molecule has 0 saturated carbocycles. The number of carboxylic acid groups (broad SMARTS) is 1. The molecule has 2 saturated heterocycles. The largest absolute Gasteiger partial charge is 0.465 e. The molecule has 2 atom stereocenters. The average molecular weight is 156 g/mol. The lowest BCUT2D eigenvalue weighted by molar-refractivity contribution is 0.152. The van der Waals surface area contributed by atoms with Crippen LogP contribution >= 0.6 is 0 Å². The molecule has 11 heavy (non-hydrogen) atoms. The Bertz CT molecular complexity index is 171. The molecule has 0 aromatic rings. The molecule has 2 aliphatic rings. The molecule has 0 spiro atoms. The molecule has 4 nitrogen and oxygen atoms in total. The van der Waals surface area contributed by atoms with E-state index in [1.165, 1.54) is 4.90 Å². The number of amides is 1. The summed E-state index contributed by atoms with van der Waals surface area (Å²) in [7, 11) is 0. The normalized spacial score (nSPS) is 35.8. The van der Waals surface area contributed by atoms with E-state index in [9.17, 15) is 4.79 Å². The molecule has 4 heteroatoms. The lowest BCUT2D eigenvalue weighted by atomic mass is 10.0. The maximum Gasteiger partial charge on any atom is 0.407 e. The molecule has 2 N–H and O–H groups in total. The fourth-order valence-electron chi connectivity index (χ4n) is 2.01. The number of likely N-dealkylation sites (tertiary alicyclic amines) is 1. The molecular formula is C7H12N2O2.